The van der Waals surface area contributed by atoms with Gasteiger partial charge in [0.2, 0.25) is 0 Å². The Balaban J connectivity index is 1.85. The highest BCUT2D eigenvalue weighted by Gasteiger charge is 2.19. The zero-order chi connectivity index (χ0) is 17.6. The molecule has 1 unspecified atom stereocenters. The second-order valence-electron chi connectivity index (χ2n) is 5.74. The molecule has 25 heavy (non-hydrogen) atoms. The molecule has 6 heteroatoms. The van der Waals surface area contributed by atoms with Crippen LogP contribution in [0.15, 0.2) is 48.8 Å². The van der Waals surface area contributed by atoms with Crippen LogP contribution in [0, 0.1) is 0 Å². The number of pyridine rings is 1. The first-order valence-corrected chi connectivity index (χ1v) is 8.44. The van der Waals surface area contributed by atoms with Gasteiger partial charge in [0.05, 0.1) is 29.2 Å². The van der Waals surface area contributed by atoms with E-state index in [1.165, 1.54) is 0 Å². The van der Waals surface area contributed by atoms with Crippen LogP contribution in [-0.4, -0.2) is 33.7 Å². The molecular weight excluding hydrogens is 316 g/mol. The van der Waals surface area contributed by atoms with E-state index < -0.39 is 0 Å². The van der Waals surface area contributed by atoms with Crippen molar-refractivity contribution in [3.8, 4) is 0 Å². The standard InChI is InChI=1S/C19H22N4O2/c1-3-25-12-11-23-17-9-5-4-8-16(17)22-18(23)14(2)21-19(24)15-7-6-10-20-13-15/h4-10,13-14H,3,11-12H2,1-2H3,(H,21,24). The summed E-state index contributed by atoms with van der Waals surface area (Å²) in [4.78, 5) is 21.1. The zero-order valence-electron chi connectivity index (χ0n) is 14.5. The molecule has 1 amide bonds. The predicted molar refractivity (Wildman–Crippen MR) is 96.3 cm³/mol. The molecule has 1 N–H and O–H groups in total. The number of ether oxygens (including phenoxy) is 1. The largest absolute Gasteiger partial charge is 0.380 e. The summed E-state index contributed by atoms with van der Waals surface area (Å²) in [6.07, 6.45) is 3.20. The van der Waals surface area contributed by atoms with Gasteiger partial charge in [-0.05, 0) is 38.1 Å². The summed E-state index contributed by atoms with van der Waals surface area (Å²) >= 11 is 0. The van der Waals surface area contributed by atoms with Crippen LogP contribution in [0.2, 0.25) is 0 Å². The van der Waals surface area contributed by atoms with E-state index in [2.05, 4.69) is 14.9 Å². The van der Waals surface area contributed by atoms with E-state index >= 15 is 0 Å². The fourth-order valence-electron chi connectivity index (χ4n) is 2.80. The van der Waals surface area contributed by atoms with E-state index in [0.717, 1.165) is 16.9 Å². The lowest BCUT2D eigenvalue weighted by Gasteiger charge is -2.16. The van der Waals surface area contributed by atoms with Gasteiger partial charge in [-0.2, -0.15) is 0 Å². The summed E-state index contributed by atoms with van der Waals surface area (Å²) < 4.78 is 7.61. The lowest BCUT2D eigenvalue weighted by molar-refractivity contribution is 0.0936. The van der Waals surface area contributed by atoms with Crippen molar-refractivity contribution in [1.29, 1.82) is 0 Å². The number of imidazole rings is 1. The molecule has 0 fully saturated rings. The minimum atomic E-state index is -0.235. The van der Waals surface area contributed by atoms with E-state index in [1.54, 1.807) is 24.5 Å². The molecule has 2 heterocycles. The lowest BCUT2D eigenvalue weighted by atomic mass is 10.2. The molecule has 0 aliphatic heterocycles. The number of hydrogen-bond donors (Lipinski definition) is 1. The number of benzene rings is 1. The van der Waals surface area contributed by atoms with Crippen molar-refractivity contribution in [2.24, 2.45) is 0 Å². The summed E-state index contributed by atoms with van der Waals surface area (Å²) in [6, 6.07) is 11.2. The number of hydrogen-bond acceptors (Lipinski definition) is 4. The van der Waals surface area contributed by atoms with Gasteiger partial charge in [0, 0.05) is 25.5 Å². The molecule has 0 bridgehead atoms. The first kappa shape index (κ1) is 17.1. The minimum Gasteiger partial charge on any atom is -0.380 e. The molecule has 0 radical (unpaired) electrons. The summed E-state index contributed by atoms with van der Waals surface area (Å²) in [6.45, 7) is 5.88. The fourth-order valence-corrected chi connectivity index (χ4v) is 2.80. The second-order valence-corrected chi connectivity index (χ2v) is 5.74. The third-order valence-electron chi connectivity index (χ3n) is 4.01. The van der Waals surface area contributed by atoms with Crippen LogP contribution < -0.4 is 5.32 Å². The van der Waals surface area contributed by atoms with E-state index in [1.807, 2.05) is 38.1 Å². The maximum atomic E-state index is 12.4. The monoisotopic (exact) mass is 338 g/mol. The molecular formula is C19H22N4O2. The van der Waals surface area contributed by atoms with Gasteiger partial charge in [-0.25, -0.2) is 4.98 Å². The van der Waals surface area contributed by atoms with Crippen molar-refractivity contribution in [2.45, 2.75) is 26.4 Å². The van der Waals surface area contributed by atoms with Gasteiger partial charge in [0.15, 0.2) is 0 Å². The van der Waals surface area contributed by atoms with Crippen LogP contribution >= 0.6 is 0 Å². The van der Waals surface area contributed by atoms with Gasteiger partial charge >= 0.3 is 0 Å². The first-order valence-electron chi connectivity index (χ1n) is 8.44. The van der Waals surface area contributed by atoms with Crippen molar-refractivity contribution in [2.75, 3.05) is 13.2 Å². The van der Waals surface area contributed by atoms with Crippen LogP contribution in [0.5, 0.6) is 0 Å². The number of carbonyl (C=O) groups is 1. The molecule has 130 valence electrons. The van der Waals surface area contributed by atoms with Crippen LogP contribution in [-0.2, 0) is 11.3 Å². The van der Waals surface area contributed by atoms with E-state index in [4.69, 9.17) is 9.72 Å². The number of nitrogens with zero attached hydrogens (tertiary/aromatic N) is 3. The van der Waals surface area contributed by atoms with Gasteiger partial charge in [-0.15, -0.1) is 0 Å². The molecule has 6 nitrogen and oxygen atoms in total. The van der Waals surface area contributed by atoms with Gasteiger partial charge < -0.3 is 14.6 Å². The van der Waals surface area contributed by atoms with Crippen molar-refractivity contribution < 1.29 is 9.53 Å². The molecule has 0 aliphatic rings. The quantitative estimate of drug-likeness (QED) is 0.673. The minimum absolute atomic E-state index is 0.163. The van der Waals surface area contributed by atoms with Crippen LogP contribution in [0.1, 0.15) is 36.1 Å². The topological polar surface area (TPSA) is 69.0 Å². The Morgan fingerprint density at radius 2 is 2.12 bits per heavy atom. The molecule has 1 aromatic carbocycles. The van der Waals surface area contributed by atoms with Crippen molar-refractivity contribution >= 4 is 16.9 Å². The van der Waals surface area contributed by atoms with Gasteiger partial charge in [0.1, 0.15) is 5.82 Å². The number of nitrogens with one attached hydrogen (secondary N) is 1. The highest BCUT2D eigenvalue weighted by atomic mass is 16.5. The summed E-state index contributed by atoms with van der Waals surface area (Å²) in [7, 11) is 0. The molecule has 0 spiro atoms. The summed E-state index contributed by atoms with van der Waals surface area (Å²) in [5.41, 5.74) is 2.49. The molecule has 0 saturated carbocycles. The number of aromatic nitrogens is 3. The van der Waals surface area contributed by atoms with Crippen LogP contribution in [0.25, 0.3) is 11.0 Å². The maximum Gasteiger partial charge on any atom is 0.253 e. The number of carbonyl (C=O) groups excluding carboxylic acids is 1. The lowest BCUT2D eigenvalue weighted by Crippen LogP contribution is -2.29. The molecule has 0 aliphatic carbocycles. The Hall–Kier alpha value is -2.73. The van der Waals surface area contributed by atoms with E-state index in [9.17, 15) is 4.79 Å². The smallest absolute Gasteiger partial charge is 0.253 e. The molecule has 1 atom stereocenters. The summed E-state index contributed by atoms with van der Waals surface area (Å²) in [5.74, 6) is 0.655. The van der Waals surface area contributed by atoms with Crippen molar-refractivity contribution in [1.82, 2.24) is 19.9 Å². The number of rotatable bonds is 7. The van der Waals surface area contributed by atoms with Crippen LogP contribution in [0.3, 0.4) is 0 Å². The second kappa shape index (κ2) is 7.90. The molecule has 0 saturated heterocycles. The molecule has 3 rings (SSSR count). The SMILES string of the molecule is CCOCCn1c(C(C)NC(=O)c2cccnc2)nc2ccccc21. The highest BCUT2D eigenvalue weighted by Crippen LogP contribution is 2.21. The average molecular weight is 338 g/mol. The zero-order valence-corrected chi connectivity index (χ0v) is 14.5. The fraction of sp³-hybridized carbons (Fsp3) is 0.316. The number of fused-ring (bicyclic) bond motifs is 1. The Morgan fingerprint density at radius 3 is 2.88 bits per heavy atom. The first-order chi connectivity index (χ1) is 12.2. The van der Waals surface area contributed by atoms with Crippen LogP contribution in [0.4, 0.5) is 0 Å². The Kier molecular flexibility index (Phi) is 5.40. The van der Waals surface area contributed by atoms with E-state index in [-0.39, 0.29) is 11.9 Å². The number of amides is 1. The Bertz CT molecular complexity index is 845. The average Bonchev–Trinajstić information content (AvgIpc) is 3.01. The van der Waals surface area contributed by atoms with Gasteiger partial charge in [-0.3, -0.25) is 9.78 Å². The van der Waals surface area contributed by atoms with Crippen molar-refractivity contribution in [3.63, 3.8) is 0 Å². The third kappa shape index (κ3) is 3.85. The Labute approximate surface area is 146 Å². The third-order valence-corrected chi connectivity index (χ3v) is 4.01. The molecule has 2 aromatic heterocycles. The van der Waals surface area contributed by atoms with Gasteiger partial charge in [0.25, 0.3) is 5.91 Å². The highest BCUT2D eigenvalue weighted by molar-refractivity contribution is 5.94. The molecule has 3 aromatic rings. The van der Waals surface area contributed by atoms with Gasteiger partial charge in [-0.1, -0.05) is 12.1 Å². The number of para-hydroxylation sites is 2. The predicted octanol–water partition coefficient (Wildman–Crippen LogP) is 2.96. The van der Waals surface area contributed by atoms with Crippen molar-refractivity contribution in [3.05, 3.63) is 60.2 Å². The van der Waals surface area contributed by atoms with E-state index in [0.29, 0.717) is 25.3 Å². The normalized spacial score (nSPS) is 12.2. The Morgan fingerprint density at radius 1 is 1.28 bits per heavy atom. The summed E-state index contributed by atoms with van der Waals surface area (Å²) in [5, 5.41) is 3.00. The maximum absolute atomic E-state index is 12.4.